The number of methoxy groups -OCH3 is 1. The summed E-state index contributed by atoms with van der Waals surface area (Å²) in [6.07, 6.45) is 0. The molecule has 2 aromatic carbocycles. The summed E-state index contributed by atoms with van der Waals surface area (Å²) in [6.45, 7) is 3.44. The molecule has 0 fully saturated rings. The first-order valence-electron chi connectivity index (χ1n) is 8.84. The maximum atomic E-state index is 12.9. The normalized spacial score (nSPS) is 16.5. The first kappa shape index (κ1) is 19.2. The summed E-state index contributed by atoms with van der Waals surface area (Å²) in [6, 6.07) is 14.7. The van der Waals surface area contributed by atoms with Crippen molar-refractivity contribution in [1.29, 1.82) is 5.26 Å². The number of hydrogen-bond donors (Lipinski definition) is 1. The molecular formula is C22H20N2O4. The predicted octanol–water partition coefficient (Wildman–Crippen LogP) is 3.69. The zero-order valence-electron chi connectivity index (χ0n) is 15.8. The van der Waals surface area contributed by atoms with Gasteiger partial charge in [0.1, 0.15) is 5.75 Å². The fraction of sp³-hybridized carbons (Fsp3) is 0.227. The van der Waals surface area contributed by atoms with Crippen LogP contribution in [0.25, 0.3) is 0 Å². The number of ether oxygens (including phenoxy) is 1. The van der Waals surface area contributed by atoms with E-state index in [1.807, 2.05) is 6.07 Å². The number of carbonyl (C=O) groups excluding carboxylic acids is 2. The summed E-state index contributed by atoms with van der Waals surface area (Å²) >= 11 is 0. The molecule has 6 heteroatoms. The second-order valence-electron chi connectivity index (χ2n) is 6.79. The van der Waals surface area contributed by atoms with Gasteiger partial charge in [0.2, 0.25) is 0 Å². The van der Waals surface area contributed by atoms with Crippen molar-refractivity contribution in [2.24, 2.45) is 5.92 Å². The largest absolute Gasteiger partial charge is 0.503 e. The molecule has 0 saturated carbocycles. The zero-order chi connectivity index (χ0) is 20.4. The minimum atomic E-state index is -0.787. The smallest absolute Gasteiger partial charge is 0.294 e. The summed E-state index contributed by atoms with van der Waals surface area (Å²) in [5.74, 6) is -1.31. The van der Waals surface area contributed by atoms with Crippen LogP contribution < -0.4 is 9.64 Å². The number of Topliss-reactive ketones (excluding diaryl/α,β-unsaturated/α-hetero) is 1. The van der Waals surface area contributed by atoms with E-state index in [0.29, 0.717) is 22.6 Å². The van der Waals surface area contributed by atoms with Gasteiger partial charge in [-0.05, 0) is 42.0 Å². The summed E-state index contributed by atoms with van der Waals surface area (Å²) in [7, 11) is 1.53. The van der Waals surface area contributed by atoms with Gasteiger partial charge in [0.05, 0.1) is 30.4 Å². The number of nitrogens with zero attached hydrogens (tertiary/aromatic N) is 2. The molecule has 1 unspecified atom stereocenters. The number of ketones is 1. The second kappa shape index (κ2) is 7.57. The molecule has 2 aromatic rings. The Labute approximate surface area is 163 Å². The topological polar surface area (TPSA) is 90.6 Å². The van der Waals surface area contributed by atoms with Gasteiger partial charge < -0.3 is 9.84 Å². The zero-order valence-corrected chi connectivity index (χ0v) is 15.8. The lowest BCUT2D eigenvalue weighted by Crippen LogP contribution is -2.31. The minimum absolute atomic E-state index is 0.0672. The van der Waals surface area contributed by atoms with Gasteiger partial charge in [-0.25, -0.2) is 0 Å². The van der Waals surface area contributed by atoms with Gasteiger partial charge in [-0.1, -0.05) is 26.0 Å². The van der Waals surface area contributed by atoms with Crippen LogP contribution in [-0.4, -0.2) is 23.9 Å². The molecule has 3 rings (SSSR count). The van der Waals surface area contributed by atoms with Gasteiger partial charge in [0.25, 0.3) is 5.91 Å². The number of nitriles is 1. The van der Waals surface area contributed by atoms with Crippen LogP contribution in [0.4, 0.5) is 5.69 Å². The maximum Gasteiger partial charge on any atom is 0.294 e. The maximum absolute atomic E-state index is 12.9. The Bertz CT molecular complexity index is 1000. The number of amides is 1. The highest BCUT2D eigenvalue weighted by atomic mass is 16.5. The Balaban J connectivity index is 2.18. The third-order valence-electron chi connectivity index (χ3n) is 4.68. The van der Waals surface area contributed by atoms with E-state index in [1.54, 1.807) is 62.4 Å². The van der Waals surface area contributed by atoms with Crippen molar-refractivity contribution in [1.82, 2.24) is 0 Å². The molecule has 1 N–H and O–H groups in total. The molecule has 0 aliphatic carbocycles. The van der Waals surface area contributed by atoms with Crippen LogP contribution >= 0.6 is 0 Å². The number of anilines is 1. The van der Waals surface area contributed by atoms with E-state index < -0.39 is 17.7 Å². The highest BCUT2D eigenvalue weighted by molar-refractivity contribution is 6.16. The average Bonchev–Trinajstić information content (AvgIpc) is 2.98. The highest BCUT2D eigenvalue weighted by Crippen LogP contribution is 2.42. The van der Waals surface area contributed by atoms with Crippen molar-refractivity contribution >= 4 is 17.4 Å². The van der Waals surface area contributed by atoms with Crippen LogP contribution in [0, 0.1) is 17.2 Å². The van der Waals surface area contributed by atoms with Crippen molar-refractivity contribution < 1.29 is 19.4 Å². The van der Waals surface area contributed by atoms with Crippen LogP contribution in [0.3, 0.4) is 0 Å². The van der Waals surface area contributed by atoms with E-state index >= 15 is 0 Å². The van der Waals surface area contributed by atoms with Crippen LogP contribution in [0.2, 0.25) is 0 Å². The monoisotopic (exact) mass is 376 g/mol. The Morgan fingerprint density at radius 1 is 1.21 bits per heavy atom. The highest BCUT2D eigenvalue weighted by Gasteiger charge is 2.44. The lowest BCUT2D eigenvalue weighted by Gasteiger charge is -2.27. The van der Waals surface area contributed by atoms with Crippen LogP contribution in [-0.2, 0) is 9.59 Å². The molecule has 0 aromatic heterocycles. The molecule has 0 radical (unpaired) electrons. The fourth-order valence-corrected chi connectivity index (χ4v) is 3.26. The van der Waals surface area contributed by atoms with Crippen molar-refractivity contribution in [2.75, 3.05) is 12.0 Å². The molecule has 6 nitrogen and oxygen atoms in total. The fourth-order valence-electron chi connectivity index (χ4n) is 3.26. The van der Waals surface area contributed by atoms with Crippen molar-refractivity contribution in [3.8, 4) is 11.8 Å². The van der Waals surface area contributed by atoms with E-state index in [1.165, 1.54) is 12.0 Å². The first-order chi connectivity index (χ1) is 13.4. The number of rotatable bonds is 5. The quantitative estimate of drug-likeness (QED) is 0.859. The molecule has 1 heterocycles. The third-order valence-corrected chi connectivity index (χ3v) is 4.68. The van der Waals surface area contributed by atoms with Gasteiger partial charge in [-0.3, -0.25) is 14.5 Å². The molecule has 1 amide bonds. The summed E-state index contributed by atoms with van der Waals surface area (Å²) in [5, 5.41) is 19.6. The van der Waals surface area contributed by atoms with E-state index in [0.717, 1.165) is 0 Å². The Kier molecular flexibility index (Phi) is 5.18. The van der Waals surface area contributed by atoms with Crippen molar-refractivity contribution in [3.63, 3.8) is 0 Å². The molecule has 0 bridgehead atoms. The summed E-state index contributed by atoms with van der Waals surface area (Å²) in [5.41, 5.74) is 1.64. The van der Waals surface area contributed by atoms with Crippen LogP contribution in [0.15, 0.2) is 59.9 Å². The molecule has 1 atom stereocenters. The van der Waals surface area contributed by atoms with Gasteiger partial charge >= 0.3 is 0 Å². The lowest BCUT2D eigenvalue weighted by molar-refractivity contribution is -0.119. The Hall–Kier alpha value is -3.59. The van der Waals surface area contributed by atoms with Crippen molar-refractivity contribution in [3.05, 3.63) is 71.0 Å². The molecular weight excluding hydrogens is 356 g/mol. The van der Waals surface area contributed by atoms with Gasteiger partial charge in [0.15, 0.2) is 11.5 Å². The van der Waals surface area contributed by atoms with E-state index in [4.69, 9.17) is 10.00 Å². The molecule has 1 aliphatic rings. The van der Waals surface area contributed by atoms with Crippen LogP contribution in [0.5, 0.6) is 5.75 Å². The Morgan fingerprint density at radius 2 is 1.89 bits per heavy atom. The summed E-state index contributed by atoms with van der Waals surface area (Å²) in [4.78, 5) is 27.1. The van der Waals surface area contributed by atoms with Crippen molar-refractivity contribution in [2.45, 2.75) is 19.9 Å². The standard InChI is InChI=1S/C22H20N2O4/c1-13(2)20(25)18-19(15-5-4-6-17(11-15)28-3)24(22(27)21(18)26)16-9-7-14(12-23)8-10-16/h4-11,13,19,26H,1-3H3. The Morgan fingerprint density at radius 3 is 2.46 bits per heavy atom. The molecule has 142 valence electrons. The van der Waals surface area contributed by atoms with Crippen LogP contribution in [0.1, 0.15) is 31.0 Å². The minimum Gasteiger partial charge on any atom is -0.503 e. The number of aliphatic hydroxyl groups excluding tert-OH is 1. The first-order valence-corrected chi connectivity index (χ1v) is 8.84. The van der Waals surface area contributed by atoms with E-state index in [-0.39, 0.29) is 17.3 Å². The van der Waals surface area contributed by atoms with Gasteiger partial charge in [-0.2, -0.15) is 5.26 Å². The molecule has 1 aliphatic heterocycles. The van der Waals surface area contributed by atoms with Gasteiger partial charge in [-0.15, -0.1) is 0 Å². The number of hydrogen-bond acceptors (Lipinski definition) is 5. The number of benzene rings is 2. The van der Waals surface area contributed by atoms with E-state index in [2.05, 4.69) is 0 Å². The molecule has 0 saturated heterocycles. The van der Waals surface area contributed by atoms with Gasteiger partial charge in [0, 0.05) is 11.6 Å². The number of aliphatic hydroxyl groups is 1. The molecule has 0 spiro atoms. The lowest BCUT2D eigenvalue weighted by atomic mass is 9.91. The average molecular weight is 376 g/mol. The number of carbonyl (C=O) groups is 2. The predicted molar refractivity (Wildman–Crippen MR) is 104 cm³/mol. The summed E-state index contributed by atoms with van der Waals surface area (Å²) < 4.78 is 5.28. The molecule has 28 heavy (non-hydrogen) atoms. The third kappa shape index (κ3) is 3.23. The van der Waals surface area contributed by atoms with E-state index in [9.17, 15) is 14.7 Å². The SMILES string of the molecule is COc1cccc(C2C(C(=O)C(C)C)=C(O)C(=O)N2c2ccc(C#N)cc2)c1. The second-order valence-corrected chi connectivity index (χ2v) is 6.79.